The van der Waals surface area contributed by atoms with Crippen LogP contribution in [0, 0.1) is 0 Å². The van der Waals surface area contributed by atoms with Crippen molar-refractivity contribution >= 4 is 5.91 Å². The Kier molecular flexibility index (Phi) is 60.0. The van der Waals surface area contributed by atoms with Crippen LogP contribution in [0.15, 0.2) is 85.1 Å². The summed E-state index contributed by atoms with van der Waals surface area (Å²) in [7, 11) is 0. The molecule has 0 spiro atoms. The van der Waals surface area contributed by atoms with Crippen molar-refractivity contribution in [3.05, 3.63) is 85.1 Å². The Labute approximate surface area is 580 Å². The van der Waals surface area contributed by atoms with Gasteiger partial charge in [0.05, 0.1) is 32.0 Å². The topological polar surface area (TPSA) is 228 Å². The second kappa shape index (κ2) is 64.5. The summed E-state index contributed by atoms with van der Waals surface area (Å²) >= 11 is 0. The molecular formula is C81H145NO13. The summed E-state index contributed by atoms with van der Waals surface area (Å²) in [6.07, 6.45) is 73.2. The third-order valence-corrected chi connectivity index (χ3v) is 18.9. The molecule has 0 aromatic heterocycles. The summed E-state index contributed by atoms with van der Waals surface area (Å²) in [6, 6.07) is -0.840. The summed E-state index contributed by atoms with van der Waals surface area (Å²) < 4.78 is 23.0. The average molecular weight is 1340 g/mol. The zero-order valence-corrected chi connectivity index (χ0v) is 60.4. The summed E-state index contributed by atoms with van der Waals surface area (Å²) in [5, 5.41) is 87.9. The lowest BCUT2D eigenvalue weighted by atomic mass is 9.97. The number of rotatable bonds is 65. The highest BCUT2D eigenvalue weighted by Gasteiger charge is 2.51. The number of hydrogen-bond donors (Lipinski definition) is 9. The Bertz CT molecular complexity index is 1920. The molecule has 2 saturated heterocycles. The number of unbranched alkanes of at least 4 members (excludes halogenated alkanes) is 38. The molecule has 0 bridgehead atoms. The quantitative estimate of drug-likeness (QED) is 0.0204. The van der Waals surface area contributed by atoms with Crippen molar-refractivity contribution in [2.24, 2.45) is 0 Å². The number of aliphatic hydroxyl groups is 8. The fourth-order valence-corrected chi connectivity index (χ4v) is 12.7. The maximum atomic E-state index is 13.4. The van der Waals surface area contributed by atoms with Gasteiger partial charge in [-0.2, -0.15) is 0 Å². The van der Waals surface area contributed by atoms with E-state index >= 15 is 0 Å². The number of nitrogens with one attached hydrogen (secondary N) is 1. The minimum Gasteiger partial charge on any atom is -0.394 e. The van der Waals surface area contributed by atoms with Crippen LogP contribution in [0.4, 0.5) is 0 Å². The SMILES string of the molecule is CC/C=C\C/C=C\C/C=C\C/C=C\C/C=C\C/C=C\C/C=C\CCCCCCCCCCCC(=O)NC(COC1OC(CO)C(OC2OC(CO)C(O)C(O)C2O)C(O)C1O)C(O)CCCCCCCCCCCCCCCCCCCCCCCCCCCCCCCC. The Morgan fingerprint density at radius 3 is 1.12 bits per heavy atom. The molecule has 95 heavy (non-hydrogen) atoms. The fourth-order valence-electron chi connectivity index (χ4n) is 12.7. The molecule has 2 heterocycles. The van der Waals surface area contributed by atoms with Crippen LogP contribution in [0.5, 0.6) is 0 Å². The van der Waals surface area contributed by atoms with Crippen molar-refractivity contribution < 1.29 is 64.6 Å². The van der Waals surface area contributed by atoms with Crippen molar-refractivity contribution in [2.75, 3.05) is 19.8 Å². The maximum absolute atomic E-state index is 13.4. The van der Waals surface area contributed by atoms with Crippen molar-refractivity contribution in [2.45, 2.75) is 402 Å². The first-order chi connectivity index (χ1) is 46.6. The molecule has 14 nitrogen and oxygen atoms in total. The smallest absolute Gasteiger partial charge is 0.220 e. The van der Waals surface area contributed by atoms with Crippen molar-refractivity contribution in [1.82, 2.24) is 5.32 Å². The van der Waals surface area contributed by atoms with Crippen LogP contribution in [0.3, 0.4) is 0 Å². The molecule has 2 aliphatic heterocycles. The number of carbonyl (C=O) groups excluding carboxylic acids is 1. The number of allylic oxidation sites excluding steroid dienone is 14. The number of ether oxygens (including phenoxy) is 4. The van der Waals surface area contributed by atoms with Crippen molar-refractivity contribution in [3.63, 3.8) is 0 Å². The van der Waals surface area contributed by atoms with E-state index in [4.69, 9.17) is 18.9 Å². The summed E-state index contributed by atoms with van der Waals surface area (Å²) in [6.45, 7) is 2.79. The van der Waals surface area contributed by atoms with Crippen LogP contribution in [-0.4, -0.2) is 140 Å². The molecule has 0 aliphatic carbocycles. The van der Waals surface area contributed by atoms with Gasteiger partial charge in [0.1, 0.15) is 48.8 Å². The lowest BCUT2D eigenvalue weighted by Crippen LogP contribution is -2.65. The first kappa shape index (κ1) is 88.3. The van der Waals surface area contributed by atoms with Crippen molar-refractivity contribution in [3.8, 4) is 0 Å². The third kappa shape index (κ3) is 47.8. The van der Waals surface area contributed by atoms with Gasteiger partial charge in [0.15, 0.2) is 12.6 Å². The van der Waals surface area contributed by atoms with Crippen LogP contribution in [0.1, 0.15) is 328 Å². The summed E-state index contributed by atoms with van der Waals surface area (Å²) in [5.74, 6) is -0.212. The standard InChI is InChI=1S/C81H145NO13/c1-3-5-7-9-11-13-15-17-19-21-23-25-27-29-31-33-35-37-39-41-43-45-47-49-51-53-55-57-59-61-63-65-73(86)82-69(68-92-80-78(91)76(89)79(72(67-84)94-80)95-81-77(90)75(88)74(87)71(66-83)93-81)70(85)64-62-60-58-56-54-52-50-48-46-44-42-40-38-36-34-32-30-28-26-24-22-20-18-16-14-12-10-8-6-4-2/h5,7,11,13,17,19,23,25,29,31,35,37,41,43,69-72,74-81,83-85,87-91H,3-4,6,8-10,12,14-16,18,20-22,24,26-28,30,32-34,36,38-40,42,44-68H2,1-2H3,(H,82,86)/b7-5-,13-11-,19-17-,25-23-,31-29-,37-35-,43-41-. The van der Waals surface area contributed by atoms with E-state index in [9.17, 15) is 45.6 Å². The van der Waals surface area contributed by atoms with Gasteiger partial charge >= 0.3 is 0 Å². The molecule has 12 unspecified atom stereocenters. The molecule has 2 fully saturated rings. The van der Waals surface area contributed by atoms with E-state index in [1.807, 2.05) is 0 Å². The van der Waals surface area contributed by atoms with Gasteiger partial charge in [-0.1, -0.05) is 336 Å². The zero-order valence-electron chi connectivity index (χ0n) is 60.4. The van der Waals surface area contributed by atoms with Gasteiger partial charge in [-0.3, -0.25) is 4.79 Å². The number of carbonyl (C=O) groups is 1. The molecule has 2 aliphatic rings. The second-order valence-corrected chi connectivity index (χ2v) is 27.5. The number of amides is 1. The van der Waals surface area contributed by atoms with Crippen LogP contribution in [0.25, 0.3) is 0 Å². The van der Waals surface area contributed by atoms with Gasteiger partial charge in [-0.15, -0.1) is 0 Å². The normalized spacial score (nSPS) is 22.8. The van der Waals surface area contributed by atoms with E-state index in [0.717, 1.165) is 96.3 Å². The molecule has 9 N–H and O–H groups in total. The van der Waals surface area contributed by atoms with Gasteiger partial charge in [0, 0.05) is 6.42 Å². The molecule has 0 aromatic carbocycles. The minimum atomic E-state index is -1.79. The van der Waals surface area contributed by atoms with Crippen molar-refractivity contribution in [1.29, 1.82) is 0 Å². The molecular weight excluding hydrogens is 1190 g/mol. The van der Waals surface area contributed by atoms with Gasteiger partial charge in [-0.25, -0.2) is 0 Å². The maximum Gasteiger partial charge on any atom is 0.220 e. The van der Waals surface area contributed by atoms with E-state index in [-0.39, 0.29) is 12.5 Å². The van der Waals surface area contributed by atoms with E-state index in [0.29, 0.717) is 19.3 Å². The molecule has 2 rings (SSSR count). The molecule has 552 valence electrons. The Morgan fingerprint density at radius 2 is 0.726 bits per heavy atom. The highest BCUT2D eigenvalue weighted by Crippen LogP contribution is 2.30. The molecule has 1 amide bonds. The van der Waals surface area contributed by atoms with Gasteiger partial charge < -0.3 is 65.1 Å². The van der Waals surface area contributed by atoms with Gasteiger partial charge in [0.2, 0.25) is 5.91 Å². The lowest BCUT2D eigenvalue weighted by molar-refractivity contribution is -0.359. The first-order valence-corrected chi connectivity index (χ1v) is 39.3. The summed E-state index contributed by atoms with van der Waals surface area (Å²) in [5.41, 5.74) is 0. The predicted molar refractivity (Wildman–Crippen MR) is 392 cm³/mol. The van der Waals surface area contributed by atoms with Gasteiger partial charge in [0.25, 0.3) is 0 Å². The monoisotopic (exact) mass is 1340 g/mol. The van der Waals surface area contributed by atoms with Gasteiger partial charge in [-0.05, 0) is 70.6 Å². The van der Waals surface area contributed by atoms with E-state index in [1.54, 1.807) is 0 Å². The zero-order chi connectivity index (χ0) is 68.7. The van der Waals surface area contributed by atoms with E-state index in [1.165, 1.54) is 199 Å². The largest absolute Gasteiger partial charge is 0.394 e. The Balaban J connectivity index is 1.63. The Morgan fingerprint density at radius 1 is 0.389 bits per heavy atom. The highest BCUT2D eigenvalue weighted by atomic mass is 16.7. The molecule has 0 saturated carbocycles. The van der Waals surface area contributed by atoms with Crippen LogP contribution < -0.4 is 5.32 Å². The van der Waals surface area contributed by atoms with Crippen LogP contribution in [-0.2, 0) is 23.7 Å². The van der Waals surface area contributed by atoms with E-state index < -0.39 is 86.8 Å². The third-order valence-electron chi connectivity index (χ3n) is 18.9. The van der Waals surface area contributed by atoms with Crippen LogP contribution in [0.2, 0.25) is 0 Å². The first-order valence-electron chi connectivity index (χ1n) is 39.3. The predicted octanol–water partition coefficient (Wildman–Crippen LogP) is 17.5. The highest BCUT2D eigenvalue weighted by molar-refractivity contribution is 5.76. The fraction of sp³-hybridized carbons (Fsp3) is 0.815. The molecule has 14 heteroatoms. The van der Waals surface area contributed by atoms with E-state index in [2.05, 4.69) is 104 Å². The minimum absolute atomic E-state index is 0.212. The average Bonchev–Trinajstić information content (AvgIpc) is 0.801. The molecule has 0 radical (unpaired) electrons. The van der Waals surface area contributed by atoms with Crippen LogP contribution >= 0.6 is 0 Å². The Hall–Kier alpha value is -2.83. The summed E-state index contributed by atoms with van der Waals surface area (Å²) in [4.78, 5) is 13.4. The molecule has 0 aromatic rings. The molecule has 12 atom stereocenters. The number of aliphatic hydroxyl groups excluding tert-OH is 8. The lowest BCUT2D eigenvalue weighted by Gasteiger charge is -2.46. The second-order valence-electron chi connectivity index (χ2n) is 27.5. The number of hydrogen-bond acceptors (Lipinski definition) is 13.